The molecule has 0 nitrogen and oxygen atoms in total. The summed E-state index contributed by atoms with van der Waals surface area (Å²) in [5, 5.41) is 0.758. The van der Waals surface area contributed by atoms with E-state index in [1.54, 1.807) is 0 Å². The van der Waals surface area contributed by atoms with Crippen molar-refractivity contribution in [3.05, 3.63) is 10.6 Å². The summed E-state index contributed by atoms with van der Waals surface area (Å²) in [4.78, 5) is 0. The molecule has 0 saturated heterocycles. The first-order valence-corrected chi connectivity index (χ1v) is 3.57. The molecule has 0 radical (unpaired) electrons. The van der Waals surface area contributed by atoms with Gasteiger partial charge in [-0.1, -0.05) is 36.5 Å². The fourth-order valence-electron chi connectivity index (χ4n) is 0.400. The Balaban J connectivity index is 3.12. The normalized spacial score (nSPS) is 12.1. The van der Waals surface area contributed by atoms with E-state index in [4.69, 9.17) is 23.2 Å². The van der Waals surface area contributed by atoms with Crippen molar-refractivity contribution in [1.82, 2.24) is 0 Å². The molecule has 0 N–H and O–H groups in total. The standard InChI is InChI=1S/C6H10Cl2/c1-2-3-4-6(8)5-7/h5H,2-4H2,1H3/b6-5-. The van der Waals surface area contributed by atoms with Crippen molar-refractivity contribution in [2.75, 3.05) is 0 Å². The molecule has 0 fully saturated rings. The van der Waals surface area contributed by atoms with Gasteiger partial charge in [-0.25, -0.2) is 0 Å². The summed E-state index contributed by atoms with van der Waals surface area (Å²) in [6.45, 7) is 2.12. The highest BCUT2D eigenvalue weighted by atomic mass is 35.5. The van der Waals surface area contributed by atoms with Crippen molar-refractivity contribution in [2.24, 2.45) is 0 Å². The molecule has 0 aliphatic carbocycles. The zero-order valence-corrected chi connectivity index (χ0v) is 6.47. The second-order valence-electron chi connectivity index (χ2n) is 1.66. The molecule has 0 heterocycles. The van der Waals surface area contributed by atoms with Crippen LogP contribution in [0.5, 0.6) is 0 Å². The number of unbranched alkanes of at least 4 members (excludes halogenated alkanes) is 1. The maximum atomic E-state index is 5.57. The zero-order chi connectivity index (χ0) is 6.41. The predicted molar refractivity (Wildman–Crippen MR) is 39.3 cm³/mol. The lowest BCUT2D eigenvalue weighted by Crippen LogP contribution is -1.70. The lowest BCUT2D eigenvalue weighted by atomic mass is 10.2. The van der Waals surface area contributed by atoms with Crippen LogP contribution in [0.1, 0.15) is 26.2 Å². The van der Waals surface area contributed by atoms with Crippen LogP contribution >= 0.6 is 23.2 Å². The monoisotopic (exact) mass is 152 g/mol. The van der Waals surface area contributed by atoms with E-state index in [0.717, 1.165) is 17.9 Å². The summed E-state index contributed by atoms with van der Waals surface area (Å²) >= 11 is 10.9. The first kappa shape index (κ1) is 8.32. The molecule has 0 aliphatic heterocycles. The third-order valence-corrected chi connectivity index (χ3v) is 1.56. The van der Waals surface area contributed by atoms with Crippen molar-refractivity contribution in [3.63, 3.8) is 0 Å². The van der Waals surface area contributed by atoms with E-state index in [9.17, 15) is 0 Å². The summed E-state index contributed by atoms with van der Waals surface area (Å²) in [6.07, 6.45) is 3.21. The Hall–Kier alpha value is 0.320. The number of allylic oxidation sites excluding steroid dienone is 1. The fraction of sp³-hybridized carbons (Fsp3) is 0.667. The molecule has 0 aromatic heterocycles. The lowest BCUT2D eigenvalue weighted by Gasteiger charge is -1.91. The van der Waals surface area contributed by atoms with E-state index in [0.29, 0.717) is 0 Å². The molecule has 48 valence electrons. The van der Waals surface area contributed by atoms with Gasteiger partial charge in [0, 0.05) is 10.6 Å². The number of halogens is 2. The van der Waals surface area contributed by atoms with E-state index >= 15 is 0 Å². The van der Waals surface area contributed by atoms with Crippen LogP contribution in [0.4, 0.5) is 0 Å². The van der Waals surface area contributed by atoms with Gasteiger partial charge in [0.1, 0.15) is 0 Å². The minimum atomic E-state index is 0.758. The molecule has 0 bridgehead atoms. The van der Waals surface area contributed by atoms with Gasteiger partial charge in [-0.2, -0.15) is 0 Å². The van der Waals surface area contributed by atoms with Crippen LogP contribution in [0.2, 0.25) is 0 Å². The van der Waals surface area contributed by atoms with Crippen molar-refractivity contribution >= 4 is 23.2 Å². The van der Waals surface area contributed by atoms with E-state index in [-0.39, 0.29) is 0 Å². The molecule has 0 rings (SSSR count). The third-order valence-electron chi connectivity index (χ3n) is 0.888. The first-order valence-electron chi connectivity index (χ1n) is 2.76. The molecule has 0 aromatic rings. The van der Waals surface area contributed by atoms with Gasteiger partial charge in [-0.15, -0.1) is 0 Å². The van der Waals surface area contributed by atoms with E-state index in [2.05, 4.69) is 6.92 Å². The zero-order valence-electron chi connectivity index (χ0n) is 4.95. The highest BCUT2D eigenvalue weighted by molar-refractivity contribution is 6.36. The van der Waals surface area contributed by atoms with Gasteiger partial charge in [0.2, 0.25) is 0 Å². The van der Waals surface area contributed by atoms with E-state index in [1.807, 2.05) is 0 Å². The number of rotatable bonds is 3. The Morgan fingerprint density at radius 1 is 1.62 bits per heavy atom. The van der Waals surface area contributed by atoms with Gasteiger partial charge < -0.3 is 0 Å². The second kappa shape index (κ2) is 5.46. The van der Waals surface area contributed by atoms with Gasteiger partial charge in [0.05, 0.1) is 0 Å². The Labute approximate surface area is 60.5 Å². The van der Waals surface area contributed by atoms with Crippen LogP contribution in [0, 0.1) is 0 Å². The summed E-state index contributed by atoms with van der Waals surface area (Å²) in [5.41, 5.74) is 1.43. The van der Waals surface area contributed by atoms with Gasteiger partial charge in [-0.05, 0) is 12.8 Å². The van der Waals surface area contributed by atoms with Crippen LogP contribution in [-0.4, -0.2) is 0 Å². The molecule has 0 saturated carbocycles. The highest BCUT2D eigenvalue weighted by Crippen LogP contribution is 2.11. The topological polar surface area (TPSA) is 0 Å². The molecule has 0 atom stereocenters. The van der Waals surface area contributed by atoms with Gasteiger partial charge in [0.15, 0.2) is 0 Å². The Kier molecular flexibility index (Phi) is 5.67. The molecule has 2 heteroatoms. The molecule has 0 aliphatic rings. The quantitative estimate of drug-likeness (QED) is 0.582. The predicted octanol–water partition coefficient (Wildman–Crippen LogP) is 3.50. The largest absolute Gasteiger partial charge is 0.0917 e. The van der Waals surface area contributed by atoms with Crippen LogP contribution in [0.25, 0.3) is 0 Å². The molecular weight excluding hydrogens is 143 g/mol. The van der Waals surface area contributed by atoms with Crippen LogP contribution < -0.4 is 0 Å². The maximum absolute atomic E-state index is 5.57. The van der Waals surface area contributed by atoms with Gasteiger partial charge in [-0.3, -0.25) is 0 Å². The van der Waals surface area contributed by atoms with Crippen molar-refractivity contribution < 1.29 is 0 Å². The third kappa shape index (κ3) is 4.48. The molecule has 0 unspecified atom stereocenters. The molecule has 0 spiro atoms. The van der Waals surface area contributed by atoms with Crippen molar-refractivity contribution in [1.29, 1.82) is 0 Å². The second-order valence-corrected chi connectivity index (χ2v) is 2.36. The summed E-state index contributed by atoms with van der Waals surface area (Å²) in [5.74, 6) is 0. The molecule has 8 heavy (non-hydrogen) atoms. The van der Waals surface area contributed by atoms with Crippen molar-refractivity contribution in [3.8, 4) is 0 Å². The van der Waals surface area contributed by atoms with E-state index in [1.165, 1.54) is 12.0 Å². The minimum Gasteiger partial charge on any atom is -0.0917 e. The van der Waals surface area contributed by atoms with Crippen LogP contribution in [-0.2, 0) is 0 Å². The van der Waals surface area contributed by atoms with Crippen LogP contribution in [0.3, 0.4) is 0 Å². The number of hydrogen-bond acceptors (Lipinski definition) is 0. The van der Waals surface area contributed by atoms with Crippen LogP contribution in [0.15, 0.2) is 10.6 Å². The smallest absolute Gasteiger partial charge is 0.0293 e. The van der Waals surface area contributed by atoms with E-state index < -0.39 is 0 Å². The van der Waals surface area contributed by atoms with Crippen molar-refractivity contribution in [2.45, 2.75) is 26.2 Å². The highest BCUT2D eigenvalue weighted by Gasteiger charge is 1.87. The molecular formula is C6H10Cl2. The molecule has 0 aromatic carbocycles. The maximum Gasteiger partial charge on any atom is 0.0293 e. The Bertz CT molecular complexity index is 76.6. The first-order chi connectivity index (χ1) is 3.81. The Morgan fingerprint density at radius 2 is 2.25 bits per heavy atom. The van der Waals surface area contributed by atoms with Gasteiger partial charge >= 0.3 is 0 Å². The summed E-state index contributed by atoms with van der Waals surface area (Å²) < 4.78 is 0. The lowest BCUT2D eigenvalue weighted by molar-refractivity contribution is 0.808. The molecule has 0 amide bonds. The minimum absolute atomic E-state index is 0.758. The summed E-state index contributed by atoms with van der Waals surface area (Å²) in [7, 11) is 0. The fourth-order valence-corrected chi connectivity index (χ4v) is 0.643. The SMILES string of the molecule is CCCC/C(Cl)=C/Cl. The average molecular weight is 153 g/mol. The van der Waals surface area contributed by atoms with Gasteiger partial charge in [0.25, 0.3) is 0 Å². The Morgan fingerprint density at radius 3 is 2.62 bits per heavy atom. The summed E-state index contributed by atoms with van der Waals surface area (Å²) in [6, 6.07) is 0. The average Bonchev–Trinajstić information content (AvgIpc) is 1.83. The number of hydrogen-bond donors (Lipinski definition) is 0.